The molecule has 1 atom stereocenters. The van der Waals surface area contributed by atoms with Crippen molar-refractivity contribution >= 4 is 11.6 Å². The fourth-order valence-corrected chi connectivity index (χ4v) is 2.27. The van der Waals surface area contributed by atoms with E-state index in [9.17, 15) is 4.39 Å². The van der Waals surface area contributed by atoms with E-state index in [1.54, 1.807) is 0 Å². The highest BCUT2D eigenvalue weighted by Crippen LogP contribution is 2.34. The Hall–Kier alpha value is -2.09. The third-order valence-corrected chi connectivity index (χ3v) is 3.27. The van der Waals surface area contributed by atoms with Crippen LogP contribution in [-0.4, -0.2) is 6.54 Å². The summed E-state index contributed by atoms with van der Waals surface area (Å²) in [6, 6.07) is 13.6. The van der Waals surface area contributed by atoms with Gasteiger partial charge >= 0.3 is 0 Å². The van der Waals surface area contributed by atoms with Crippen LogP contribution in [0.15, 0.2) is 42.5 Å². The first-order chi connectivity index (χ1) is 10.2. The van der Waals surface area contributed by atoms with Crippen molar-refractivity contribution in [2.45, 2.75) is 12.5 Å². The van der Waals surface area contributed by atoms with Crippen LogP contribution in [0.25, 0.3) is 0 Å². The summed E-state index contributed by atoms with van der Waals surface area (Å²) >= 11 is 6.00. The minimum Gasteiger partial charge on any atom is -0.483 e. The van der Waals surface area contributed by atoms with E-state index >= 15 is 0 Å². The summed E-state index contributed by atoms with van der Waals surface area (Å²) in [7, 11) is 0. The first kappa shape index (κ1) is 15.3. The molecule has 0 heterocycles. The third kappa shape index (κ3) is 3.72. The molecule has 2 rings (SSSR count). The van der Waals surface area contributed by atoms with Gasteiger partial charge in [0, 0.05) is 6.42 Å². The second kappa shape index (κ2) is 7.07. The van der Waals surface area contributed by atoms with E-state index in [0.29, 0.717) is 13.0 Å². The Kier molecular flexibility index (Phi) is 5.15. The van der Waals surface area contributed by atoms with Gasteiger partial charge in [0.25, 0.3) is 0 Å². The number of halogens is 2. The number of nitriles is 1. The molecule has 0 aliphatic carbocycles. The number of hydrogen-bond donors (Lipinski definition) is 1. The Morgan fingerprint density at radius 1 is 1.29 bits per heavy atom. The summed E-state index contributed by atoms with van der Waals surface area (Å²) in [5.41, 5.74) is 6.61. The highest BCUT2D eigenvalue weighted by molar-refractivity contribution is 6.32. The molecule has 0 unspecified atom stereocenters. The summed E-state index contributed by atoms with van der Waals surface area (Å²) in [6.07, 6.45) is 0.217. The summed E-state index contributed by atoms with van der Waals surface area (Å²) in [4.78, 5) is 0. The van der Waals surface area contributed by atoms with E-state index in [2.05, 4.69) is 0 Å². The quantitative estimate of drug-likeness (QED) is 0.913. The van der Waals surface area contributed by atoms with E-state index in [1.165, 1.54) is 0 Å². The molecule has 5 heteroatoms. The zero-order valence-electron chi connectivity index (χ0n) is 11.2. The molecule has 2 aromatic carbocycles. The molecule has 2 aromatic rings. The van der Waals surface area contributed by atoms with Crippen molar-refractivity contribution in [2.24, 2.45) is 5.73 Å². The molecule has 2 N–H and O–H groups in total. The van der Waals surface area contributed by atoms with Gasteiger partial charge in [-0.1, -0.05) is 41.9 Å². The Bertz CT molecular complexity index is 655. The standard InChI is InChI=1S/C16H14ClFN2O/c17-14-9-13(18)8-12(10-20)16(14)21-15(6-7-19)11-4-2-1-3-5-11/h1-5,8-9,15H,6-7,19H2/t15-/m1/s1. The molecule has 0 saturated heterocycles. The summed E-state index contributed by atoms with van der Waals surface area (Å²) in [5.74, 6) is -0.387. The van der Waals surface area contributed by atoms with Gasteiger partial charge in [-0.25, -0.2) is 4.39 Å². The van der Waals surface area contributed by atoms with E-state index in [1.807, 2.05) is 36.4 Å². The van der Waals surface area contributed by atoms with Gasteiger partial charge in [-0.15, -0.1) is 0 Å². The zero-order valence-corrected chi connectivity index (χ0v) is 12.0. The molecule has 0 spiro atoms. The lowest BCUT2D eigenvalue weighted by Crippen LogP contribution is -2.14. The molecule has 21 heavy (non-hydrogen) atoms. The van der Waals surface area contributed by atoms with Gasteiger partial charge in [0.05, 0.1) is 10.6 Å². The third-order valence-electron chi connectivity index (χ3n) is 2.99. The van der Waals surface area contributed by atoms with Crippen molar-refractivity contribution in [1.82, 2.24) is 0 Å². The highest BCUT2D eigenvalue weighted by atomic mass is 35.5. The lowest BCUT2D eigenvalue weighted by atomic mass is 10.1. The normalized spacial score (nSPS) is 11.7. The number of benzene rings is 2. The molecular weight excluding hydrogens is 291 g/mol. The molecule has 0 bridgehead atoms. The Morgan fingerprint density at radius 2 is 2.00 bits per heavy atom. The molecule has 0 aromatic heterocycles. The van der Waals surface area contributed by atoms with Gasteiger partial charge in [-0.3, -0.25) is 0 Å². The minimum absolute atomic E-state index is 0.0675. The Morgan fingerprint density at radius 3 is 2.62 bits per heavy atom. The van der Waals surface area contributed by atoms with Gasteiger partial charge in [-0.05, 0) is 24.2 Å². The first-order valence-corrected chi connectivity index (χ1v) is 6.84. The lowest BCUT2D eigenvalue weighted by Gasteiger charge is -2.20. The van der Waals surface area contributed by atoms with Crippen LogP contribution in [-0.2, 0) is 0 Å². The van der Waals surface area contributed by atoms with Crippen molar-refractivity contribution in [3.8, 4) is 11.8 Å². The van der Waals surface area contributed by atoms with Gasteiger partial charge < -0.3 is 10.5 Å². The number of nitrogens with two attached hydrogens (primary N) is 1. The predicted octanol–water partition coefficient (Wildman–Crippen LogP) is 3.82. The first-order valence-electron chi connectivity index (χ1n) is 6.46. The van der Waals surface area contributed by atoms with Crippen LogP contribution in [0.5, 0.6) is 5.75 Å². The van der Waals surface area contributed by atoms with Crippen molar-refractivity contribution in [3.63, 3.8) is 0 Å². The predicted molar refractivity (Wildman–Crippen MR) is 79.6 cm³/mol. The van der Waals surface area contributed by atoms with E-state index < -0.39 is 5.82 Å². The maximum Gasteiger partial charge on any atom is 0.156 e. The van der Waals surface area contributed by atoms with Gasteiger partial charge in [0.1, 0.15) is 18.0 Å². The van der Waals surface area contributed by atoms with E-state index in [4.69, 9.17) is 27.3 Å². The molecule has 0 saturated carbocycles. The second-order valence-electron chi connectivity index (χ2n) is 4.47. The van der Waals surface area contributed by atoms with Gasteiger partial charge in [-0.2, -0.15) is 5.26 Å². The zero-order chi connectivity index (χ0) is 15.2. The van der Waals surface area contributed by atoms with Crippen molar-refractivity contribution in [2.75, 3.05) is 6.54 Å². The van der Waals surface area contributed by atoms with Crippen LogP contribution in [0.2, 0.25) is 5.02 Å². The fraction of sp³-hybridized carbons (Fsp3) is 0.188. The monoisotopic (exact) mass is 304 g/mol. The molecule has 0 fully saturated rings. The highest BCUT2D eigenvalue weighted by Gasteiger charge is 2.18. The van der Waals surface area contributed by atoms with Crippen molar-refractivity contribution in [3.05, 3.63) is 64.4 Å². The van der Waals surface area contributed by atoms with Gasteiger partial charge in [0.15, 0.2) is 5.75 Å². The van der Waals surface area contributed by atoms with E-state index in [-0.39, 0.29) is 22.4 Å². The van der Waals surface area contributed by atoms with Gasteiger partial charge in [0.2, 0.25) is 0 Å². The summed E-state index contributed by atoms with van der Waals surface area (Å²) < 4.78 is 19.1. The molecule has 0 aliphatic heterocycles. The molecule has 108 valence electrons. The summed E-state index contributed by atoms with van der Waals surface area (Å²) in [5, 5.41) is 9.17. The number of rotatable bonds is 5. The lowest BCUT2D eigenvalue weighted by molar-refractivity contribution is 0.197. The van der Waals surface area contributed by atoms with Crippen molar-refractivity contribution in [1.29, 1.82) is 5.26 Å². The second-order valence-corrected chi connectivity index (χ2v) is 4.88. The number of hydrogen-bond acceptors (Lipinski definition) is 3. The maximum absolute atomic E-state index is 13.3. The Labute approximate surface area is 127 Å². The number of nitrogens with zero attached hydrogens (tertiary/aromatic N) is 1. The topological polar surface area (TPSA) is 59.0 Å². The van der Waals surface area contributed by atoms with Crippen LogP contribution in [0.3, 0.4) is 0 Å². The van der Waals surface area contributed by atoms with Crippen LogP contribution in [0, 0.1) is 17.1 Å². The van der Waals surface area contributed by atoms with E-state index in [0.717, 1.165) is 17.7 Å². The van der Waals surface area contributed by atoms with Crippen LogP contribution in [0.1, 0.15) is 23.7 Å². The average Bonchev–Trinajstić information content (AvgIpc) is 2.49. The summed E-state index contributed by atoms with van der Waals surface area (Å²) in [6.45, 7) is 0.417. The largest absolute Gasteiger partial charge is 0.483 e. The van der Waals surface area contributed by atoms with Crippen LogP contribution in [0.4, 0.5) is 4.39 Å². The maximum atomic E-state index is 13.3. The molecular formula is C16H14ClFN2O. The molecule has 0 aliphatic rings. The fourth-order valence-electron chi connectivity index (χ4n) is 2.02. The SMILES string of the molecule is N#Cc1cc(F)cc(Cl)c1O[C@H](CCN)c1ccccc1. The number of ether oxygens (including phenoxy) is 1. The smallest absolute Gasteiger partial charge is 0.156 e. The van der Waals surface area contributed by atoms with Crippen LogP contribution >= 0.6 is 11.6 Å². The molecule has 0 radical (unpaired) electrons. The van der Waals surface area contributed by atoms with Crippen molar-refractivity contribution < 1.29 is 9.13 Å². The Balaban J connectivity index is 2.36. The molecule has 0 amide bonds. The average molecular weight is 305 g/mol. The molecule has 3 nitrogen and oxygen atoms in total. The van der Waals surface area contributed by atoms with Crippen LogP contribution < -0.4 is 10.5 Å². The minimum atomic E-state index is -0.570.